The number of nitrogens with zero attached hydrogens (tertiary/aromatic N) is 2. The number of hydrogen-bond donors (Lipinski definition) is 0. The Morgan fingerprint density at radius 2 is 1.97 bits per heavy atom. The van der Waals surface area contributed by atoms with Crippen LogP contribution in [0.3, 0.4) is 0 Å². The summed E-state index contributed by atoms with van der Waals surface area (Å²) in [6.45, 7) is 5.55. The van der Waals surface area contributed by atoms with Gasteiger partial charge in [-0.25, -0.2) is 4.39 Å². The fourth-order valence-corrected chi connectivity index (χ4v) is 5.43. The topological polar surface area (TPSA) is 49.9 Å². The van der Waals surface area contributed by atoms with Crippen molar-refractivity contribution in [3.63, 3.8) is 0 Å². The van der Waals surface area contributed by atoms with Gasteiger partial charge in [0.2, 0.25) is 11.8 Å². The molecule has 0 unspecified atom stereocenters. The summed E-state index contributed by atoms with van der Waals surface area (Å²) in [5.74, 6) is 0.216. The minimum atomic E-state index is -0.363. The number of thiophene rings is 1. The van der Waals surface area contributed by atoms with Crippen molar-refractivity contribution in [2.45, 2.75) is 39.2 Å². The number of rotatable bonds is 10. The van der Waals surface area contributed by atoms with Crippen molar-refractivity contribution in [2.75, 3.05) is 26.2 Å². The molecule has 1 aliphatic heterocycles. The first-order valence-corrected chi connectivity index (χ1v) is 13.4. The minimum absolute atomic E-state index is 0.0337. The van der Waals surface area contributed by atoms with Gasteiger partial charge in [0, 0.05) is 24.0 Å². The van der Waals surface area contributed by atoms with Gasteiger partial charge in [0.05, 0.1) is 19.0 Å². The number of benzene rings is 2. The van der Waals surface area contributed by atoms with Gasteiger partial charge in [-0.3, -0.25) is 9.59 Å². The number of ether oxygens (including phenoxy) is 1. The van der Waals surface area contributed by atoms with Gasteiger partial charge in [0.1, 0.15) is 18.2 Å². The number of fused-ring (bicyclic) bond motifs is 1. The van der Waals surface area contributed by atoms with Gasteiger partial charge in [0.25, 0.3) is 0 Å². The highest BCUT2D eigenvalue weighted by atomic mass is 32.1. The molecule has 0 bridgehead atoms. The second-order valence-electron chi connectivity index (χ2n) is 9.37. The van der Waals surface area contributed by atoms with E-state index in [0.29, 0.717) is 18.8 Å². The van der Waals surface area contributed by atoms with Gasteiger partial charge in [-0.2, -0.15) is 0 Å². The summed E-state index contributed by atoms with van der Waals surface area (Å²) in [5, 5.41) is 2.03. The molecule has 0 saturated heterocycles. The minimum Gasteiger partial charge on any atom is -0.491 e. The first-order valence-electron chi connectivity index (χ1n) is 12.5. The van der Waals surface area contributed by atoms with Crippen LogP contribution in [0, 0.1) is 11.7 Å². The van der Waals surface area contributed by atoms with Gasteiger partial charge in [-0.05, 0) is 47.0 Å². The van der Waals surface area contributed by atoms with E-state index in [4.69, 9.17) is 4.74 Å². The molecule has 4 rings (SSSR count). The molecule has 0 radical (unpaired) electrons. The van der Waals surface area contributed by atoms with Gasteiger partial charge in [-0.1, -0.05) is 56.7 Å². The number of hydrogen-bond acceptors (Lipinski definition) is 4. The molecule has 2 aromatic carbocycles. The fourth-order valence-electron chi connectivity index (χ4n) is 4.50. The lowest BCUT2D eigenvalue weighted by Gasteiger charge is -2.37. The van der Waals surface area contributed by atoms with Gasteiger partial charge < -0.3 is 14.5 Å². The van der Waals surface area contributed by atoms with Crippen LogP contribution in [0.1, 0.15) is 42.3 Å². The van der Waals surface area contributed by atoms with Crippen LogP contribution in [0.2, 0.25) is 0 Å². The van der Waals surface area contributed by atoms with Crippen LogP contribution in [0.4, 0.5) is 4.39 Å². The molecule has 1 aliphatic rings. The Bertz CT molecular complexity index is 1170. The number of carbonyl (C=O) groups is 2. The highest BCUT2D eigenvalue weighted by Gasteiger charge is 2.33. The smallest absolute Gasteiger partial charge is 0.242 e. The normalized spacial score (nSPS) is 15.8. The Balaban J connectivity index is 1.50. The van der Waals surface area contributed by atoms with E-state index in [1.807, 2.05) is 46.7 Å². The molecule has 5 nitrogen and oxygen atoms in total. The summed E-state index contributed by atoms with van der Waals surface area (Å²) in [7, 11) is 0. The Morgan fingerprint density at radius 3 is 2.72 bits per heavy atom. The SMILES string of the molecule is CC[C@@H](C)CN(CC(=O)N1CCc2sccc2[C@H]1COc1cccc(F)c1)C(=O)Cc1ccccc1. The quantitative estimate of drug-likeness (QED) is 0.363. The van der Waals surface area contributed by atoms with Crippen LogP contribution in [0.25, 0.3) is 0 Å². The van der Waals surface area contributed by atoms with Crippen LogP contribution in [0.5, 0.6) is 5.75 Å². The zero-order valence-corrected chi connectivity index (χ0v) is 21.7. The van der Waals surface area contributed by atoms with E-state index in [0.717, 1.165) is 24.0 Å². The van der Waals surface area contributed by atoms with E-state index in [1.54, 1.807) is 28.4 Å². The molecular weight excluding hydrogens is 475 g/mol. The van der Waals surface area contributed by atoms with Crippen molar-refractivity contribution in [3.8, 4) is 5.75 Å². The van der Waals surface area contributed by atoms with Gasteiger partial charge >= 0.3 is 0 Å². The molecule has 36 heavy (non-hydrogen) atoms. The zero-order chi connectivity index (χ0) is 25.5. The molecule has 0 fully saturated rings. The summed E-state index contributed by atoms with van der Waals surface area (Å²) >= 11 is 1.68. The van der Waals surface area contributed by atoms with Gasteiger partial charge in [0.15, 0.2) is 0 Å². The van der Waals surface area contributed by atoms with E-state index < -0.39 is 0 Å². The third-order valence-corrected chi connectivity index (χ3v) is 7.72. The fraction of sp³-hybridized carbons (Fsp3) is 0.379. The predicted octanol–water partition coefficient (Wildman–Crippen LogP) is 5.51. The lowest BCUT2D eigenvalue weighted by molar-refractivity contribution is -0.143. The third-order valence-electron chi connectivity index (χ3n) is 6.73. The van der Waals surface area contributed by atoms with Crippen molar-refractivity contribution >= 4 is 23.2 Å². The molecule has 0 N–H and O–H groups in total. The Labute approximate surface area is 216 Å². The molecular formula is C29H33FN2O3S. The van der Waals surface area contributed by atoms with E-state index in [1.165, 1.54) is 17.0 Å². The Morgan fingerprint density at radius 1 is 1.17 bits per heavy atom. The molecule has 3 aromatic rings. The van der Waals surface area contributed by atoms with Crippen LogP contribution in [-0.4, -0.2) is 47.9 Å². The van der Waals surface area contributed by atoms with Crippen molar-refractivity contribution in [1.29, 1.82) is 0 Å². The lowest BCUT2D eigenvalue weighted by Crippen LogP contribution is -2.48. The summed E-state index contributed by atoms with van der Waals surface area (Å²) in [6.07, 6.45) is 1.97. The van der Waals surface area contributed by atoms with E-state index >= 15 is 0 Å². The zero-order valence-electron chi connectivity index (χ0n) is 20.9. The average molecular weight is 509 g/mol. The highest BCUT2D eigenvalue weighted by Crippen LogP contribution is 2.34. The van der Waals surface area contributed by atoms with Gasteiger partial charge in [-0.15, -0.1) is 11.3 Å². The molecule has 0 aliphatic carbocycles. The summed E-state index contributed by atoms with van der Waals surface area (Å²) in [4.78, 5) is 31.7. The van der Waals surface area contributed by atoms with Crippen molar-refractivity contribution in [1.82, 2.24) is 9.80 Å². The van der Waals surface area contributed by atoms with Crippen molar-refractivity contribution in [3.05, 3.63) is 87.9 Å². The Kier molecular flexibility index (Phi) is 8.75. The average Bonchev–Trinajstić information content (AvgIpc) is 3.36. The van der Waals surface area contributed by atoms with Crippen LogP contribution in [0.15, 0.2) is 66.0 Å². The molecule has 190 valence electrons. The largest absolute Gasteiger partial charge is 0.491 e. The summed E-state index contributed by atoms with van der Waals surface area (Å²) < 4.78 is 19.6. The van der Waals surface area contributed by atoms with Crippen molar-refractivity contribution < 1.29 is 18.7 Å². The summed E-state index contributed by atoms with van der Waals surface area (Å²) in [6, 6.07) is 17.4. The second kappa shape index (κ2) is 12.2. The van der Waals surface area contributed by atoms with Crippen LogP contribution < -0.4 is 4.74 Å². The molecule has 1 aromatic heterocycles. The molecule has 2 heterocycles. The maximum Gasteiger partial charge on any atom is 0.242 e. The number of carbonyl (C=O) groups excluding carboxylic acids is 2. The first-order chi connectivity index (χ1) is 17.4. The molecule has 0 spiro atoms. The van der Waals surface area contributed by atoms with E-state index in [9.17, 15) is 14.0 Å². The maximum atomic E-state index is 13.7. The van der Waals surface area contributed by atoms with Crippen LogP contribution in [-0.2, 0) is 22.4 Å². The maximum absolute atomic E-state index is 13.7. The van der Waals surface area contributed by atoms with E-state index in [2.05, 4.69) is 13.8 Å². The molecule has 2 amide bonds. The molecule has 2 atom stereocenters. The van der Waals surface area contributed by atoms with Crippen molar-refractivity contribution in [2.24, 2.45) is 5.92 Å². The Hall–Kier alpha value is -3.19. The third kappa shape index (κ3) is 6.52. The lowest BCUT2D eigenvalue weighted by atomic mass is 10.00. The summed E-state index contributed by atoms with van der Waals surface area (Å²) in [5.41, 5.74) is 2.01. The van der Waals surface area contributed by atoms with E-state index in [-0.39, 0.29) is 49.2 Å². The second-order valence-corrected chi connectivity index (χ2v) is 10.4. The van der Waals surface area contributed by atoms with Crippen LogP contribution >= 0.6 is 11.3 Å². The molecule has 0 saturated carbocycles. The monoisotopic (exact) mass is 508 g/mol. The molecule has 7 heteroatoms. The highest BCUT2D eigenvalue weighted by molar-refractivity contribution is 7.10. The number of amides is 2. The number of halogens is 1. The predicted molar refractivity (Wildman–Crippen MR) is 141 cm³/mol. The standard InChI is InChI=1S/C29H33FN2O3S/c1-3-21(2)18-31(28(33)16-22-8-5-4-6-9-22)19-29(34)32-14-12-27-25(13-15-36-27)26(32)20-35-24-11-7-10-23(30)17-24/h4-11,13,15,17,21,26H,3,12,14,16,18-20H2,1-2H3/t21-,26-/m1/s1. The first kappa shape index (κ1) is 25.9.